The van der Waals surface area contributed by atoms with E-state index in [-0.39, 0.29) is 5.56 Å². The molecule has 7 heteroatoms. The monoisotopic (exact) mass is 362 g/mol. The zero-order chi connectivity index (χ0) is 18.8. The molecule has 0 saturated heterocycles. The lowest BCUT2D eigenvalue weighted by molar-refractivity contribution is 0.0706. The zero-order valence-corrected chi connectivity index (χ0v) is 15.4. The van der Waals surface area contributed by atoms with Crippen LogP contribution in [0.1, 0.15) is 45.6 Å². The smallest absolute Gasteiger partial charge is 0.274 e. The van der Waals surface area contributed by atoms with Gasteiger partial charge in [0.25, 0.3) is 5.91 Å². The van der Waals surface area contributed by atoms with Crippen LogP contribution in [-0.4, -0.2) is 19.5 Å². The third kappa shape index (κ3) is 4.25. The van der Waals surface area contributed by atoms with Crippen LogP contribution in [0, 0.1) is 20.8 Å². The van der Waals surface area contributed by atoms with Gasteiger partial charge in [-0.2, -0.15) is 0 Å². The van der Waals surface area contributed by atoms with Crippen molar-refractivity contribution in [3.63, 3.8) is 0 Å². The molecule has 0 aliphatic carbocycles. The predicted molar refractivity (Wildman–Crippen MR) is 95.1 cm³/mol. The van der Waals surface area contributed by atoms with E-state index >= 15 is 0 Å². The first-order chi connectivity index (χ1) is 11.7. The van der Waals surface area contributed by atoms with Gasteiger partial charge in [-0.1, -0.05) is 29.8 Å². The minimum atomic E-state index is -3.69. The van der Waals surface area contributed by atoms with Gasteiger partial charge in [-0.25, -0.2) is 18.6 Å². The van der Waals surface area contributed by atoms with Crippen molar-refractivity contribution in [3.8, 4) is 0 Å². The van der Waals surface area contributed by atoms with E-state index in [2.05, 4.69) is 4.72 Å². The molecule has 134 valence electrons. The van der Waals surface area contributed by atoms with E-state index in [9.17, 15) is 13.2 Å². The molecular formula is C18H22N2O4S. The van der Waals surface area contributed by atoms with Crippen molar-refractivity contribution in [2.24, 2.45) is 0 Å². The quantitative estimate of drug-likeness (QED) is 0.563. The van der Waals surface area contributed by atoms with Gasteiger partial charge in [0.15, 0.2) is 0 Å². The third-order valence-corrected chi connectivity index (χ3v) is 5.83. The van der Waals surface area contributed by atoms with Gasteiger partial charge in [0.05, 0.1) is 4.90 Å². The van der Waals surface area contributed by atoms with Crippen molar-refractivity contribution >= 4 is 15.9 Å². The van der Waals surface area contributed by atoms with Crippen LogP contribution in [-0.2, 0) is 10.0 Å². The maximum Gasteiger partial charge on any atom is 0.274 e. The number of amides is 1. The van der Waals surface area contributed by atoms with Crippen LogP contribution in [0.2, 0.25) is 0 Å². The Morgan fingerprint density at radius 1 is 1.04 bits per heavy atom. The molecule has 2 aromatic carbocycles. The van der Waals surface area contributed by atoms with Crippen molar-refractivity contribution in [2.75, 3.05) is 0 Å². The summed E-state index contributed by atoms with van der Waals surface area (Å²) in [5, 5.41) is 8.63. The molecule has 1 atom stereocenters. The second-order valence-corrected chi connectivity index (χ2v) is 7.78. The summed E-state index contributed by atoms with van der Waals surface area (Å²) in [6.45, 7) is 7.22. The summed E-state index contributed by atoms with van der Waals surface area (Å²) in [6, 6.07) is 9.54. The number of carbonyl (C=O) groups is 1. The lowest BCUT2D eigenvalue weighted by atomic mass is 10.1. The third-order valence-electron chi connectivity index (χ3n) is 3.98. The van der Waals surface area contributed by atoms with Gasteiger partial charge in [-0.3, -0.25) is 10.0 Å². The maximum absolute atomic E-state index is 12.8. The summed E-state index contributed by atoms with van der Waals surface area (Å²) in [6.07, 6.45) is 0. The van der Waals surface area contributed by atoms with Crippen LogP contribution < -0.4 is 10.2 Å². The van der Waals surface area contributed by atoms with Crippen molar-refractivity contribution in [1.82, 2.24) is 10.2 Å². The minimum Gasteiger partial charge on any atom is -0.288 e. The summed E-state index contributed by atoms with van der Waals surface area (Å²) >= 11 is 0. The first-order valence-electron chi connectivity index (χ1n) is 7.80. The number of benzene rings is 2. The van der Waals surface area contributed by atoms with E-state index in [1.807, 2.05) is 19.1 Å². The number of aryl methyl sites for hydroxylation is 3. The number of rotatable bonds is 5. The van der Waals surface area contributed by atoms with Crippen LogP contribution >= 0.6 is 0 Å². The highest BCUT2D eigenvalue weighted by atomic mass is 32.2. The van der Waals surface area contributed by atoms with Gasteiger partial charge < -0.3 is 0 Å². The summed E-state index contributed by atoms with van der Waals surface area (Å²) in [5.41, 5.74) is 4.96. The first-order valence-corrected chi connectivity index (χ1v) is 9.28. The molecule has 0 bridgehead atoms. The van der Waals surface area contributed by atoms with E-state index in [1.54, 1.807) is 38.4 Å². The Kier molecular flexibility index (Phi) is 5.62. The van der Waals surface area contributed by atoms with Crippen LogP contribution in [0.25, 0.3) is 0 Å². The maximum atomic E-state index is 12.8. The van der Waals surface area contributed by atoms with Gasteiger partial charge in [0, 0.05) is 11.6 Å². The fourth-order valence-corrected chi connectivity index (χ4v) is 4.62. The second kappa shape index (κ2) is 7.35. The lowest BCUT2D eigenvalue weighted by Crippen LogP contribution is -2.28. The van der Waals surface area contributed by atoms with Crippen molar-refractivity contribution in [3.05, 3.63) is 64.2 Å². The SMILES string of the molecule is Cc1cc(C)c(S(=O)(=O)NC(C)c2ccc(C(=O)NO)cc2)c(C)c1. The van der Waals surface area contributed by atoms with Gasteiger partial charge >= 0.3 is 0 Å². The van der Waals surface area contributed by atoms with Crippen LogP contribution in [0.4, 0.5) is 0 Å². The highest BCUT2D eigenvalue weighted by molar-refractivity contribution is 7.89. The molecule has 3 N–H and O–H groups in total. The first kappa shape index (κ1) is 19.1. The molecule has 0 aromatic heterocycles. The van der Waals surface area contributed by atoms with E-state index in [1.165, 1.54) is 12.1 Å². The summed E-state index contributed by atoms with van der Waals surface area (Å²) < 4.78 is 28.2. The van der Waals surface area contributed by atoms with Crippen LogP contribution in [0.15, 0.2) is 41.3 Å². The van der Waals surface area contributed by atoms with Crippen LogP contribution in [0.5, 0.6) is 0 Å². The van der Waals surface area contributed by atoms with Crippen molar-refractivity contribution in [1.29, 1.82) is 0 Å². The summed E-state index contributed by atoms with van der Waals surface area (Å²) in [4.78, 5) is 11.6. The molecule has 0 radical (unpaired) electrons. The highest BCUT2D eigenvalue weighted by Crippen LogP contribution is 2.24. The van der Waals surface area contributed by atoms with Gasteiger partial charge in [-0.15, -0.1) is 0 Å². The molecule has 0 aliphatic heterocycles. The number of hydrogen-bond acceptors (Lipinski definition) is 4. The number of sulfonamides is 1. The fourth-order valence-electron chi connectivity index (χ4n) is 2.94. The molecule has 1 unspecified atom stereocenters. The molecule has 0 saturated carbocycles. The van der Waals surface area contributed by atoms with Gasteiger partial charge in [0.1, 0.15) is 0 Å². The molecule has 1 amide bonds. The largest absolute Gasteiger partial charge is 0.288 e. The Hall–Kier alpha value is -2.22. The van der Waals surface area contributed by atoms with E-state index in [4.69, 9.17) is 5.21 Å². The summed E-state index contributed by atoms with van der Waals surface area (Å²) in [7, 11) is -3.69. The standard InChI is InChI=1S/C18H22N2O4S/c1-11-9-12(2)17(13(3)10-11)25(23,24)20-14(4)15-5-7-16(8-6-15)18(21)19-22/h5-10,14,20,22H,1-4H3,(H,19,21). The van der Waals surface area contributed by atoms with Crippen LogP contribution in [0.3, 0.4) is 0 Å². The molecule has 6 nitrogen and oxygen atoms in total. The van der Waals surface area contributed by atoms with E-state index in [0.29, 0.717) is 21.6 Å². The lowest BCUT2D eigenvalue weighted by Gasteiger charge is -2.18. The summed E-state index contributed by atoms with van der Waals surface area (Å²) in [5.74, 6) is -0.620. The van der Waals surface area contributed by atoms with Gasteiger partial charge in [-0.05, 0) is 56.5 Å². The number of carbonyl (C=O) groups excluding carboxylic acids is 1. The topological polar surface area (TPSA) is 95.5 Å². The Morgan fingerprint density at radius 2 is 1.56 bits per heavy atom. The molecule has 0 fully saturated rings. The molecule has 0 spiro atoms. The molecule has 2 aromatic rings. The molecule has 25 heavy (non-hydrogen) atoms. The molecule has 0 aliphatic rings. The normalized spacial score (nSPS) is 12.7. The number of hydroxylamine groups is 1. The Balaban J connectivity index is 2.27. The Bertz CT molecular complexity index is 867. The van der Waals surface area contributed by atoms with E-state index in [0.717, 1.165) is 5.56 Å². The van der Waals surface area contributed by atoms with Gasteiger partial charge in [0.2, 0.25) is 10.0 Å². The average molecular weight is 362 g/mol. The Labute approximate surface area is 147 Å². The van der Waals surface area contributed by atoms with E-state index < -0.39 is 22.0 Å². The minimum absolute atomic E-state index is 0.284. The molecule has 0 heterocycles. The number of hydrogen-bond donors (Lipinski definition) is 3. The molecular weight excluding hydrogens is 340 g/mol. The Morgan fingerprint density at radius 3 is 2.04 bits per heavy atom. The second-order valence-electron chi connectivity index (χ2n) is 6.13. The zero-order valence-electron chi connectivity index (χ0n) is 14.6. The van der Waals surface area contributed by atoms with Crippen molar-refractivity contribution < 1.29 is 18.4 Å². The predicted octanol–water partition coefficient (Wildman–Crippen LogP) is 2.77. The average Bonchev–Trinajstić information content (AvgIpc) is 2.52. The number of nitrogens with one attached hydrogen (secondary N) is 2. The highest BCUT2D eigenvalue weighted by Gasteiger charge is 2.22. The molecule has 2 rings (SSSR count). The van der Waals surface area contributed by atoms with Crippen molar-refractivity contribution in [2.45, 2.75) is 38.6 Å². The fraction of sp³-hybridized carbons (Fsp3) is 0.278.